The van der Waals surface area contributed by atoms with Gasteiger partial charge in [-0.2, -0.15) is 0 Å². The van der Waals surface area contributed by atoms with Crippen LogP contribution in [0.2, 0.25) is 0 Å². The molecule has 6 heteroatoms. The SMILES string of the molecule is CC/C=C\C/C=C\C/C=C\C/C=C\C/C=C\C/C=C\C/C=C\C/C=C\C/C=C\CCCCCCCC(=O)OCC(COC(=O)CCCCCCCCC)OC(=O)CCCCCCCCCC. The second-order valence-corrected chi connectivity index (χ2v) is 17.4. The van der Waals surface area contributed by atoms with Crippen LogP contribution in [0.25, 0.3) is 0 Å². The van der Waals surface area contributed by atoms with Crippen LogP contribution in [0.3, 0.4) is 0 Å². The summed E-state index contributed by atoms with van der Waals surface area (Å²) in [7, 11) is 0. The summed E-state index contributed by atoms with van der Waals surface area (Å²) in [5.74, 6) is -0.920. The lowest BCUT2D eigenvalue weighted by Gasteiger charge is -2.18. The van der Waals surface area contributed by atoms with Crippen LogP contribution < -0.4 is 0 Å². The minimum atomic E-state index is -0.779. The molecule has 0 aliphatic carbocycles. The van der Waals surface area contributed by atoms with E-state index in [1.54, 1.807) is 0 Å². The van der Waals surface area contributed by atoms with Crippen molar-refractivity contribution in [2.24, 2.45) is 0 Å². The fraction of sp³-hybridized carbons (Fsp3) is 0.650. The first-order valence-corrected chi connectivity index (χ1v) is 26.9. The van der Waals surface area contributed by atoms with Crippen LogP contribution in [0, 0.1) is 0 Å². The minimum absolute atomic E-state index is 0.0832. The zero-order valence-electron chi connectivity index (χ0n) is 42.7. The second-order valence-electron chi connectivity index (χ2n) is 17.4. The van der Waals surface area contributed by atoms with Gasteiger partial charge in [0.1, 0.15) is 13.2 Å². The van der Waals surface area contributed by atoms with E-state index >= 15 is 0 Å². The van der Waals surface area contributed by atoms with Gasteiger partial charge in [-0.25, -0.2) is 0 Å². The Balaban J connectivity index is 4.10. The number of carbonyl (C=O) groups excluding carboxylic acids is 3. The van der Waals surface area contributed by atoms with Gasteiger partial charge >= 0.3 is 17.9 Å². The standard InChI is InChI=1S/C60H98O6/c1-4-7-10-13-16-18-19-20-21-22-23-24-25-26-27-28-29-30-31-32-33-34-35-36-37-38-39-40-41-42-45-47-50-53-59(62)65-56-57(55-64-58(61)52-49-46-43-15-12-9-6-3)66-60(63)54-51-48-44-17-14-11-8-5-2/h7,10,16,18,20-21,23-24,26-27,29-30,32-33,35-36,38-39,57H,4-6,8-9,11-15,17,19,22,25,28,31,34,37,40-56H2,1-3H3/b10-7-,18-16-,21-20-,24-23-,27-26-,30-29-,33-32-,36-35-,39-38-. The molecule has 0 aliphatic heterocycles. The number of ether oxygens (including phenoxy) is 3. The lowest BCUT2D eigenvalue weighted by atomic mass is 10.1. The van der Waals surface area contributed by atoms with Crippen molar-refractivity contribution < 1.29 is 28.6 Å². The van der Waals surface area contributed by atoms with E-state index in [4.69, 9.17) is 14.2 Å². The molecule has 66 heavy (non-hydrogen) atoms. The summed E-state index contributed by atoms with van der Waals surface area (Å²) in [5, 5.41) is 0. The molecule has 0 aromatic carbocycles. The van der Waals surface area contributed by atoms with E-state index in [-0.39, 0.29) is 31.1 Å². The summed E-state index contributed by atoms with van der Waals surface area (Å²) in [6.07, 6.45) is 72.6. The van der Waals surface area contributed by atoms with Gasteiger partial charge in [-0.3, -0.25) is 14.4 Å². The molecule has 0 spiro atoms. The van der Waals surface area contributed by atoms with Crippen LogP contribution in [0.4, 0.5) is 0 Å². The molecule has 0 saturated heterocycles. The second kappa shape index (κ2) is 53.7. The maximum atomic E-state index is 12.6. The number of carbonyl (C=O) groups is 3. The van der Waals surface area contributed by atoms with E-state index in [9.17, 15) is 14.4 Å². The van der Waals surface area contributed by atoms with Crippen LogP contribution in [0.1, 0.15) is 233 Å². The minimum Gasteiger partial charge on any atom is -0.462 e. The number of hydrogen-bond acceptors (Lipinski definition) is 6. The van der Waals surface area contributed by atoms with Crippen molar-refractivity contribution in [2.45, 2.75) is 239 Å². The summed E-state index contributed by atoms with van der Waals surface area (Å²) in [6.45, 7) is 6.41. The molecule has 374 valence electrons. The summed E-state index contributed by atoms with van der Waals surface area (Å²) < 4.78 is 16.6. The number of esters is 3. The zero-order chi connectivity index (χ0) is 47.9. The van der Waals surface area contributed by atoms with E-state index in [0.717, 1.165) is 135 Å². The van der Waals surface area contributed by atoms with Gasteiger partial charge in [0.2, 0.25) is 0 Å². The lowest BCUT2D eigenvalue weighted by molar-refractivity contribution is -0.167. The number of unbranched alkanes of at least 4 members (excludes halogenated alkanes) is 18. The van der Waals surface area contributed by atoms with Crippen molar-refractivity contribution in [3.05, 3.63) is 109 Å². The van der Waals surface area contributed by atoms with Crippen LogP contribution in [-0.4, -0.2) is 37.2 Å². The smallest absolute Gasteiger partial charge is 0.306 e. The van der Waals surface area contributed by atoms with E-state index in [1.807, 2.05) is 0 Å². The van der Waals surface area contributed by atoms with Gasteiger partial charge in [0.05, 0.1) is 0 Å². The molecular weight excluding hydrogens is 817 g/mol. The summed E-state index contributed by atoms with van der Waals surface area (Å²) in [4.78, 5) is 37.6. The van der Waals surface area contributed by atoms with Gasteiger partial charge in [0.25, 0.3) is 0 Å². The van der Waals surface area contributed by atoms with Gasteiger partial charge in [-0.1, -0.05) is 233 Å². The Morgan fingerprint density at radius 2 is 0.591 bits per heavy atom. The maximum absolute atomic E-state index is 12.6. The molecule has 0 bridgehead atoms. The third kappa shape index (κ3) is 51.1. The molecule has 1 unspecified atom stereocenters. The molecule has 0 aromatic heterocycles. The lowest BCUT2D eigenvalue weighted by Crippen LogP contribution is -2.30. The molecule has 0 saturated carbocycles. The van der Waals surface area contributed by atoms with Crippen molar-refractivity contribution in [1.82, 2.24) is 0 Å². The van der Waals surface area contributed by atoms with Crippen molar-refractivity contribution in [2.75, 3.05) is 13.2 Å². The quantitative estimate of drug-likeness (QED) is 0.0262. The topological polar surface area (TPSA) is 78.9 Å². The third-order valence-electron chi connectivity index (χ3n) is 11.0. The molecule has 0 aliphatic rings. The van der Waals surface area contributed by atoms with Crippen LogP contribution in [-0.2, 0) is 28.6 Å². The highest BCUT2D eigenvalue weighted by molar-refractivity contribution is 5.71. The van der Waals surface area contributed by atoms with E-state index in [1.165, 1.54) is 57.8 Å². The van der Waals surface area contributed by atoms with Gasteiger partial charge in [-0.05, 0) is 89.9 Å². The van der Waals surface area contributed by atoms with E-state index in [2.05, 4.69) is 130 Å². The Morgan fingerprint density at radius 1 is 0.318 bits per heavy atom. The normalized spacial score (nSPS) is 13.0. The summed E-state index contributed by atoms with van der Waals surface area (Å²) >= 11 is 0. The van der Waals surface area contributed by atoms with Gasteiger partial charge in [0, 0.05) is 19.3 Å². The largest absolute Gasteiger partial charge is 0.462 e. The Kier molecular flexibility index (Phi) is 50.5. The van der Waals surface area contributed by atoms with Gasteiger partial charge in [-0.15, -0.1) is 0 Å². The maximum Gasteiger partial charge on any atom is 0.306 e. The van der Waals surface area contributed by atoms with Crippen molar-refractivity contribution in [3.8, 4) is 0 Å². The molecule has 6 nitrogen and oxygen atoms in total. The van der Waals surface area contributed by atoms with Crippen LogP contribution in [0.5, 0.6) is 0 Å². The van der Waals surface area contributed by atoms with E-state index in [0.29, 0.717) is 19.3 Å². The molecule has 0 fully saturated rings. The first kappa shape index (κ1) is 62.1. The van der Waals surface area contributed by atoms with Crippen molar-refractivity contribution in [3.63, 3.8) is 0 Å². The first-order valence-electron chi connectivity index (χ1n) is 26.9. The molecule has 0 heterocycles. The van der Waals surface area contributed by atoms with Crippen molar-refractivity contribution in [1.29, 1.82) is 0 Å². The molecule has 0 N–H and O–H groups in total. The molecule has 0 aromatic rings. The highest BCUT2D eigenvalue weighted by Gasteiger charge is 2.19. The average Bonchev–Trinajstić information content (AvgIpc) is 3.31. The molecule has 0 rings (SSSR count). The highest BCUT2D eigenvalue weighted by atomic mass is 16.6. The molecule has 1 atom stereocenters. The van der Waals surface area contributed by atoms with Crippen LogP contribution >= 0.6 is 0 Å². The third-order valence-corrected chi connectivity index (χ3v) is 11.0. The Bertz CT molecular complexity index is 1370. The van der Waals surface area contributed by atoms with Crippen molar-refractivity contribution >= 4 is 17.9 Å². The number of allylic oxidation sites excluding steroid dienone is 18. The molecular formula is C60H98O6. The van der Waals surface area contributed by atoms with Crippen LogP contribution in [0.15, 0.2) is 109 Å². The Hall–Kier alpha value is -3.93. The predicted molar refractivity (Wildman–Crippen MR) is 283 cm³/mol. The monoisotopic (exact) mass is 915 g/mol. The van der Waals surface area contributed by atoms with E-state index < -0.39 is 6.10 Å². The fourth-order valence-electron chi connectivity index (χ4n) is 7.02. The fourth-order valence-corrected chi connectivity index (χ4v) is 7.02. The molecule has 0 amide bonds. The predicted octanol–water partition coefficient (Wildman–Crippen LogP) is 17.9. The number of rotatable bonds is 47. The molecule has 0 radical (unpaired) electrons. The Labute approximate surface area is 406 Å². The highest BCUT2D eigenvalue weighted by Crippen LogP contribution is 2.13. The van der Waals surface area contributed by atoms with Gasteiger partial charge < -0.3 is 14.2 Å². The first-order chi connectivity index (χ1) is 32.5. The summed E-state index contributed by atoms with van der Waals surface area (Å²) in [5.41, 5.74) is 0. The average molecular weight is 915 g/mol. The zero-order valence-corrected chi connectivity index (χ0v) is 42.7. The van der Waals surface area contributed by atoms with Gasteiger partial charge in [0.15, 0.2) is 6.10 Å². The Morgan fingerprint density at radius 3 is 0.924 bits per heavy atom. The summed E-state index contributed by atoms with van der Waals surface area (Å²) in [6, 6.07) is 0. The number of hydrogen-bond donors (Lipinski definition) is 0.